The number of aromatic nitrogens is 1. The fourth-order valence-corrected chi connectivity index (χ4v) is 4.77. The van der Waals surface area contributed by atoms with Crippen LogP contribution in [-0.4, -0.2) is 30.5 Å². The third kappa shape index (κ3) is 2.74. The molecule has 3 heterocycles. The molecule has 1 fully saturated rings. The summed E-state index contributed by atoms with van der Waals surface area (Å²) in [5, 5.41) is 3.92. The van der Waals surface area contributed by atoms with Crippen molar-refractivity contribution >= 4 is 22.4 Å². The van der Waals surface area contributed by atoms with Crippen molar-refractivity contribution in [3.8, 4) is 0 Å². The second kappa shape index (κ2) is 5.96. The minimum atomic E-state index is 0.0437. The maximum Gasteiger partial charge on any atom is 0.263 e. The van der Waals surface area contributed by atoms with E-state index in [2.05, 4.69) is 47.5 Å². The van der Waals surface area contributed by atoms with Crippen molar-refractivity contribution in [1.82, 2.24) is 10.3 Å². The Morgan fingerprint density at radius 2 is 2.13 bits per heavy atom. The summed E-state index contributed by atoms with van der Waals surface area (Å²) in [6.07, 6.45) is 2.00. The zero-order valence-electron chi connectivity index (χ0n) is 13.3. The van der Waals surface area contributed by atoms with Crippen LogP contribution in [0, 0.1) is 5.92 Å². The first-order chi connectivity index (χ1) is 11.2. The fourth-order valence-electron chi connectivity index (χ4n) is 3.71. The Bertz CT molecular complexity index is 712. The van der Waals surface area contributed by atoms with Crippen LogP contribution < -0.4 is 10.2 Å². The summed E-state index contributed by atoms with van der Waals surface area (Å²) in [5.41, 5.74) is 2.42. The first kappa shape index (κ1) is 14.7. The molecule has 23 heavy (non-hydrogen) atoms. The number of thiazole rings is 1. The van der Waals surface area contributed by atoms with Gasteiger partial charge in [0.1, 0.15) is 4.88 Å². The summed E-state index contributed by atoms with van der Waals surface area (Å²) in [6.45, 7) is 5.05. The standard InChI is InChI=1S/C18H21N3OS/c1-12-11-21(10-8-14(12)13-5-3-2-4-6-13)18-20-15-7-9-19-17(22)16(15)23-18/h2-6,12,14H,7-11H2,1H3,(H,19,22). The monoisotopic (exact) mass is 327 g/mol. The quantitative estimate of drug-likeness (QED) is 0.922. The number of fused-ring (bicyclic) bond motifs is 1. The lowest BCUT2D eigenvalue weighted by atomic mass is 9.82. The van der Waals surface area contributed by atoms with Crippen LogP contribution in [0.25, 0.3) is 0 Å². The van der Waals surface area contributed by atoms with E-state index >= 15 is 0 Å². The molecular formula is C18H21N3OS. The molecule has 5 heteroatoms. The van der Waals surface area contributed by atoms with Crippen molar-refractivity contribution in [2.45, 2.75) is 25.7 Å². The number of carbonyl (C=O) groups excluding carboxylic acids is 1. The zero-order valence-corrected chi connectivity index (χ0v) is 14.1. The number of amides is 1. The highest BCUT2D eigenvalue weighted by atomic mass is 32.1. The van der Waals surface area contributed by atoms with Crippen LogP contribution in [0.1, 0.15) is 40.2 Å². The van der Waals surface area contributed by atoms with E-state index in [-0.39, 0.29) is 5.91 Å². The van der Waals surface area contributed by atoms with E-state index in [1.807, 2.05) is 0 Å². The maximum atomic E-state index is 11.9. The van der Waals surface area contributed by atoms with Gasteiger partial charge in [-0.2, -0.15) is 0 Å². The largest absolute Gasteiger partial charge is 0.351 e. The average Bonchev–Trinajstić information content (AvgIpc) is 3.01. The van der Waals surface area contributed by atoms with Crippen LogP contribution >= 0.6 is 11.3 Å². The molecule has 4 nitrogen and oxygen atoms in total. The summed E-state index contributed by atoms with van der Waals surface area (Å²) in [5.74, 6) is 1.24. The number of nitrogens with one attached hydrogen (secondary N) is 1. The molecule has 1 aromatic heterocycles. The second-order valence-corrected chi connectivity index (χ2v) is 7.48. The Labute approximate surface area is 140 Å². The third-order valence-corrected chi connectivity index (χ3v) is 6.10. The SMILES string of the molecule is CC1CN(c2nc3c(s2)C(=O)NCC3)CCC1c1ccccc1. The predicted molar refractivity (Wildman–Crippen MR) is 93.3 cm³/mol. The van der Waals surface area contributed by atoms with Gasteiger partial charge in [-0.3, -0.25) is 4.79 Å². The molecule has 2 unspecified atom stereocenters. The Hall–Kier alpha value is -1.88. The predicted octanol–water partition coefficient (Wildman–Crippen LogP) is 3.06. The van der Waals surface area contributed by atoms with Gasteiger partial charge >= 0.3 is 0 Å². The first-order valence-corrected chi connectivity index (χ1v) is 9.12. The van der Waals surface area contributed by atoms with E-state index < -0.39 is 0 Å². The molecule has 0 aliphatic carbocycles. The Kier molecular flexibility index (Phi) is 3.81. The van der Waals surface area contributed by atoms with Crippen LogP contribution in [0.3, 0.4) is 0 Å². The van der Waals surface area contributed by atoms with Gasteiger partial charge in [0.25, 0.3) is 5.91 Å². The van der Waals surface area contributed by atoms with Crippen LogP contribution in [0.4, 0.5) is 5.13 Å². The van der Waals surface area contributed by atoms with Crippen molar-refractivity contribution in [3.05, 3.63) is 46.5 Å². The van der Waals surface area contributed by atoms with Crippen molar-refractivity contribution < 1.29 is 4.79 Å². The number of hydrogen-bond acceptors (Lipinski definition) is 4. The van der Waals surface area contributed by atoms with Gasteiger partial charge in [-0.25, -0.2) is 4.98 Å². The third-order valence-electron chi connectivity index (χ3n) is 4.94. The number of hydrogen-bond donors (Lipinski definition) is 1. The van der Waals surface area contributed by atoms with Crippen LogP contribution in [0.15, 0.2) is 30.3 Å². The summed E-state index contributed by atoms with van der Waals surface area (Å²) in [6, 6.07) is 10.8. The average molecular weight is 327 g/mol. The Balaban J connectivity index is 1.52. The van der Waals surface area contributed by atoms with Gasteiger partial charge in [0.05, 0.1) is 5.69 Å². The van der Waals surface area contributed by atoms with E-state index in [1.165, 1.54) is 5.56 Å². The highest BCUT2D eigenvalue weighted by Crippen LogP contribution is 2.36. The van der Waals surface area contributed by atoms with Crippen molar-refractivity contribution in [2.24, 2.45) is 5.92 Å². The number of carbonyl (C=O) groups is 1. The van der Waals surface area contributed by atoms with Crippen LogP contribution in [0.5, 0.6) is 0 Å². The lowest BCUT2D eigenvalue weighted by molar-refractivity contribution is 0.0950. The molecule has 1 saturated heterocycles. The molecule has 1 N–H and O–H groups in total. The molecule has 0 bridgehead atoms. The van der Waals surface area contributed by atoms with Gasteiger partial charge in [0.15, 0.2) is 5.13 Å². The van der Waals surface area contributed by atoms with Crippen molar-refractivity contribution in [2.75, 3.05) is 24.5 Å². The van der Waals surface area contributed by atoms with E-state index in [0.717, 1.165) is 41.6 Å². The fraction of sp³-hybridized carbons (Fsp3) is 0.444. The molecule has 120 valence electrons. The molecule has 2 aliphatic rings. The summed E-state index contributed by atoms with van der Waals surface area (Å²) in [4.78, 5) is 19.8. The van der Waals surface area contributed by atoms with Crippen LogP contribution in [0.2, 0.25) is 0 Å². The zero-order chi connectivity index (χ0) is 15.8. The molecule has 1 aromatic carbocycles. The van der Waals surface area contributed by atoms with Gasteiger partial charge in [-0.05, 0) is 23.8 Å². The summed E-state index contributed by atoms with van der Waals surface area (Å²) >= 11 is 1.55. The van der Waals surface area contributed by atoms with Gasteiger partial charge in [-0.15, -0.1) is 0 Å². The van der Waals surface area contributed by atoms with E-state index in [1.54, 1.807) is 11.3 Å². The van der Waals surface area contributed by atoms with Crippen molar-refractivity contribution in [1.29, 1.82) is 0 Å². The Morgan fingerprint density at radius 1 is 1.30 bits per heavy atom. The molecular weight excluding hydrogens is 306 g/mol. The number of nitrogens with zero attached hydrogens (tertiary/aromatic N) is 2. The normalized spacial score (nSPS) is 24.2. The second-order valence-electron chi connectivity index (χ2n) is 6.51. The molecule has 0 radical (unpaired) electrons. The molecule has 2 atom stereocenters. The number of piperidine rings is 1. The van der Waals surface area contributed by atoms with E-state index in [4.69, 9.17) is 4.98 Å². The molecule has 1 amide bonds. The minimum absolute atomic E-state index is 0.0437. The smallest absolute Gasteiger partial charge is 0.263 e. The number of anilines is 1. The highest BCUT2D eigenvalue weighted by molar-refractivity contribution is 7.17. The lowest BCUT2D eigenvalue weighted by Crippen LogP contribution is -2.38. The number of benzene rings is 1. The minimum Gasteiger partial charge on any atom is -0.351 e. The number of rotatable bonds is 2. The van der Waals surface area contributed by atoms with Crippen LogP contribution in [-0.2, 0) is 6.42 Å². The van der Waals surface area contributed by atoms with Gasteiger partial charge < -0.3 is 10.2 Å². The van der Waals surface area contributed by atoms with E-state index in [9.17, 15) is 4.79 Å². The topological polar surface area (TPSA) is 45.2 Å². The van der Waals surface area contributed by atoms with Crippen molar-refractivity contribution in [3.63, 3.8) is 0 Å². The summed E-state index contributed by atoms with van der Waals surface area (Å²) in [7, 11) is 0. The van der Waals surface area contributed by atoms with Gasteiger partial charge in [0, 0.05) is 26.1 Å². The molecule has 4 rings (SSSR count). The molecule has 2 aromatic rings. The van der Waals surface area contributed by atoms with Gasteiger partial charge in [0.2, 0.25) is 0 Å². The molecule has 2 aliphatic heterocycles. The first-order valence-electron chi connectivity index (χ1n) is 8.30. The summed E-state index contributed by atoms with van der Waals surface area (Å²) < 4.78 is 0. The lowest BCUT2D eigenvalue weighted by Gasteiger charge is -2.37. The highest BCUT2D eigenvalue weighted by Gasteiger charge is 2.30. The Morgan fingerprint density at radius 3 is 2.87 bits per heavy atom. The van der Waals surface area contributed by atoms with E-state index in [0.29, 0.717) is 18.4 Å². The maximum absolute atomic E-state index is 11.9. The van der Waals surface area contributed by atoms with Gasteiger partial charge in [-0.1, -0.05) is 48.6 Å². The molecule has 0 saturated carbocycles. The molecule has 0 spiro atoms.